The van der Waals surface area contributed by atoms with E-state index < -0.39 is 0 Å². The van der Waals surface area contributed by atoms with Crippen LogP contribution < -0.4 is 5.32 Å². The molecule has 3 heteroatoms. The van der Waals surface area contributed by atoms with Crippen molar-refractivity contribution in [2.75, 3.05) is 0 Å². The van der Waals surface area contributed by atoms with Crippen LogP contribution in [0.3, 0.4) is 0 Å². The molecule has 0 spiro atoms. The smallest absolute Gasteiger partial charge is 0.338 e. The number of carbonyl (C=O) groups excluding carboxylic acids is 1. The van der Waals surface area contributed by atoms with Crippen LogP contribution in [0, 0.1) is 5.92 Å². The average Bonchev–Trinajstić information content (AvgIpc) is 2.67. The van der Waals surface area contributed by atoms with Crippen molar-refractivity contribution in [1.82, 2.24) is 5.32 Å². The molecule has 4 unspecified atom stereocenters. The van der Waals surface area contributed by atoms with Crippen LogP contribution in [0.5, 0.6) is 0 Å². The van der Waals surface area contributed by atoms with Crippen LogP contribution in [-0.4, -0.2) is 17.6 Å². The second kappa shape index (κ2) is 7.24. The Balaban J connectivity index is 1.91. The molecule has 4 atom stereocenters. The molecule has 2 aromatic carbocycles. The first-order valence-electron chi connectivity index (χ1n) is 9.49. The topological polar surface area (TPSA) is 38.3 Å². The van der Waals surface area contributed by atoms with Gasteiger partial charge in [0.1, 0.15) is 6.10 Å². The van der Waals surface area contributed by atoms with Gasteiger partial charge in [-0.05, 0) is 38.0 Å². The minimum Gasteiger partial charge on any atom is -0.458 e. The third-order valence-corrected chi connectivity index (χ3v) is 6.10. The molecule has 138 valence electrons. The third kappa shape index (κ3) is 3.54. The molecular weight excluding hydrogens is 322 g/mol. The van der Waals surface area contributed by atoms with E-state index in [2.05, 4.69) is 57.3 Å². The second-order valence-electron chi connectivity index (χ2n) is 7.91. The van der Waals surface area contributed by atoms with Crippen LogP contribution in [0.25, 0.3) is 0 Å². The van der Waals surface area contributed by atoms with E-state index in [1.54, 1.807) is 0 Å². The van der Waals surface area contributed by atoms with Crippen molar-refractivity contribution in [3.63, 3.8) is 0 Å². The lowest BCUT2D eigenvalue weighted by atomic mass is 9.68. The average molecular weight is 351 g/mol. The Morgan fingerprint density at radius 2 is 1.65 bits per heavy atom. The summed E-state index contributed by atoms with van der Waals surface area (Å²) in [5.74, 6) is -0.0876. The SMILES string of the molecule is CCC1(C)CC(OC(=O)c2ccccc2)C(C)C(C)(c2ccccc2)N1. The van der Waals surface area contributed by atoms with Crippen LogP contribution in [0.15, 0.2) is 60.7 Å². The molecule has 1 saturated heterocycles. The number of esters is 1. The van der Waals surface area contributed by atoms with E-state index in [0.717, 1.165) is 12.8 Å². The standard InChI is InChI=1S/C23H29NO2/c1-5-22(3)16-20(26-21(25)18-12-8-6-9-13-18)17(2)23(4,24-22)19-14-10-7-11-15-19/h6-15,17,20,24H,5,16H2,1-4H3. The lowest BCUT2D eigenvalue weighted by Crippen LogP contribution is -2.64. The zero-order valence-corrected chi connectivity index (χ0v) is 16.2. The Morgan fingerprint density at radius 3 is 2.23 bits per heavy atom. The molecule has 2 aromatic rings. The third-order valence-electron chi connectivity index (χ3n) is 6.10. The van der Waals surface area contributed by atoms with Gasteiger partial charge < -0.3 is 10.1 Å². The van der Waals surface area contributed by atoms with Crippen LogP contribution >= 0.6 is 0 Å². The highest BCUT2D eigenvalue weighted by Crippen LogP contribution is 2.43. The molecule has 0 aromatic heterocycles. The van der Waals surface area contributed by atoms with Crippen LogP contribution in [0.1, 0.15) is 56.5 Å². The molecule has 3 nitrogen and oxygen atoms in total. The maximum absolute atomic E-state index is 12.7. The molecule has 3 rings (SSSR count). The van der Waals surface area contributed by atoms with Crippen LogP contribution in [-0.2, 0) is 10.3 Å². The molecular formula is C23H29NO2. The number of carbonyl (C=O) groups is 1. The van der Waals surface area contributed by atoms with Crippen molar-refractivity contribution in [2.45, 2.75) is 57.7 Å². The minimum atomic E-state index is -0.258. The minimum absolute atomic E-state index is 0.0846. The molecule has 0 bridgehead atoms. The quantitative estimate of drug-likeness (QED) is 0.794. The van der Waals surface area contributed by atoms with Gasteiger partial charge in [0.05, 0.1) is 5.56 Å². The molecule has 26 heavy (non-hydrogen) atoms. The Kier molecular flexibility index (Phi) is 5.19. The second-order valence-corrected chi connectivity index (χ2v) is 7.91. The summed E-state index contributed by atoms with van der Waals surface area (Å²) in [5, 5.41) is 3.87. The van der Waals surface area contributed by atoms with Crippen molar-refractivity contribution >= 4 is 5.97 Å². The van der Waals surface area contributed by atoms with Crippen LogP contribution in [0.4, 0.5) is 0 Å². The number of rotatable bonds is 4. The predicted molar refractivity (Wildman–Crippen MR) is 105 cm³/mol. The van der Waals surface area contributed by atoms with Crippen molar-refractivity contribution < 1.29 is 9.53 Å². The molecule has 1 aliphatic rings. The van der Waals surface area contributed by atoms with Gasteiger partial charge in [0.2, 0.25) is 0 Å². The van der Waals surface area contributed by atoms with Crippen molar-refractivity contribution in [2.24, 2.45) is 5.92 Å². The summed E-state index contributed by atoms with van der Waals surface area (Å²) in [7, 11) is 0. The fraction of sp³-hybridized carbons (Fsp3) is 0.435. The first kappa shape index (κ1) is 18.7. The van der Waals surface area contributed by atoms with Crippen molar-refractivity contribution in [1.29, 1.82) is 0 Å². The fourth-order valence-corrected chi connectivity index (χ4v) is 4.06. The maximum Gasteiger partial charge on any atom is 0.338 e. The zero-order valence-electron chi connectivity index (χ0n) is 16.2. The molecule has 1 aliphatic heterocycles. The normalized spacial score (nSPS) is 31.4. The summed E-state index contributed by atoms with van der Waals surface area (Å²) in [6.07, 6.45) is 1.65. The number of piperidine rings is 1. The largest absolute Gasteiger partial charge is 0.458 e. The highest BCUT2D eigenvalue weighted by Gasteiger charge is 2.49. The molecule has 0 saturated carbocycles. The maximum atomic E-state index is 12.7. The first-order valence-corrected chi connectivity index (χ1v) is 9.49. The van der Waals surface area contributed by atoms with Gasteiger partial charge in [0.25, 0.3) is 0 Å². The Morgan fingerprint density at radius 1 is 1.08 bits per heavy atom. The molecule has 0 radical (unpaired) electrons. The lowest BCUT2D eigenvalue weighted by molar-refractivity contribution is -0.0494. The molecule has 0 aliphatic carbocycles. The van der Waals surface area contributed by atoms with Gasteiger partial charge in [0.15, 0.2) is 0 Å². The van der Waals surface area contributed by atoms with Gasteiger partial charge in [0, 0.05) is 23.4 Å². The van der Waals surface area contributed by atoms with E-state index in [0.29, 0.717) is 5.56 Å². The molecule has 1 fully saturated rings. The van der Waals surface area contributed by atoms with Gasteiger partial charge in [-0.2, -0.15) is 0 Å². The Hall–Kier alpha value is -2.13. The van der Waals surface area contributed by atoms with E-state index in [1.807, 2.05) is 36.4 Å². The zero-order chi connectivity index (χ0) is 18.8. The first-order chi connectivity index (χ1) is 12.4. The number of hydrogen-bond donors (Lipinski definition) is 1. The number of benzene rings is 2. The van der Waals surface area contributed by atoms with E-state index in [-0.39, 0.29) is 29.1 Å². The lowest BCUT2D eigenvalue weighted by Gasteiger charge is -2.53. The van der Waals surface area contributed by atoms with Gasteiger partial charge in [-0.15, -0.1) is 0 Å². The summed E-state index contributed by atoms with van der Waals surface area (Å²) in [5.41, 5.74) is 1.50. The highest BCUT2D eigenvalue weighted by atomic mass is 16.5. The van der Waals surface area contributed by atoms with Gasteiger partial charge >= 0.3 is 5.97 Å². The van der Waals surface area contributed by atoms with Crippen LogP contribution in [0.2, 0.25) is 0 Å². The molecule has 1 heterocycles. The summed E-state index contributed by atoms with van der Waals surface area (Å²) < 4.78 is 6.02. The van der Waals surface area contributed by atoms with E-state index >= 15 is 0 Å². The number of nitrogens with one attached hydrogen (secondary N) is 1. The van der Waals surface area contributed by atoms with Crippen molar-refractivity contribution in [3.05, 3.63) is 71.8 Å². The number of hydrogen-bond acceptors (Lipinski definition) is 3. The monoisotopic (exact) mass is 351 g/mol. The fourth-order valence-electron chi connectivity index (χ4n) is 4.06. The highest BCUT2D eigenvalue weighted by molar-refractivity contribution is 5.89. The van der Waals surface area contributed by atoms with E-state index in [4.69, 9.17) is 4.74 Å². The summed E-state index contributed by atoms with van der Waals surface area (Å²) in [6, 6.07) is 19.7. The Bertz CT molecular complexity index is 745. The summed E-state index contributed by atoms with van der Waals surface area (Å²) >= 11 is 0. The van der Waals surface area contributed by atoms with Gasteiger partial charge in [-0.3, -0.25) is 0 Å². The van der Waals surface area contributed by atoms with Gasteiger partial charge in [-0.25, -0.2) is 4.79 Å². The molecule has 0 amide bonds. The number of ether oxygens (including phenoxy) is 1. The van der Waals surface area contributed by atoms with E-state index in [9.17, 15) is 4.79 Å². The Labute approximate surface area is 156 Å². The van der Waals surface area contributed by atoms with Gasteiger partial charge in [-0.1, -0.05) is 62.4 Å². The summed E-state index contributed by atoms with van der Waals surface area (Å²) in [6.45, 7) is 8.81. The molecule has 1 N–H and O–H groups in total. The van der Waals surface area contributed by atoms with E-state index in [1.165, 1.54) is 5.56 Å². The van der Waals surface area contributed by atoms with Crippen molar-refractivity contribution in [3.8, 4) is 0 Å². The summed E-state index contributed by atoms with van der Waals surface area (Å²) in [4.78, 5) is 12.7. The predicted octanol–water partition coefficient (Wildman–Crippen LogP) is 4.93.